The van der Waals surface area contributed by atoms with E-state index >= 15 is 0 Å². The second-order valence-electron chi connectivity index (χ2n) is 7.99. The van der Waals surface area contributed by atoms with Gasteiger partial charge in [0, 0.05) is 11.3 Å². The van der Waals surface area contributed by atoms with Gasteiger partial charge in [0.1, 0.15) is 5.75 Å². The first-order valence-corrected chi connectivity index (χ1v) is 10.1. The number of anilines is 1. The molecule has 1 aliphatic rings. The van der Waals surface area contributed by atoms with Gasteiger partial charge >= 0.3 is 5.97 Å². The second kappa shape index (κ2) is 7.92. The fraction of sp³-hybridized carbons (Fsp3) is 0.200. The highest BCUT2D eigenvalue weighted by molar-refractivity contribution is 6.02. The summed E-state index contributed by atoms with van der Waals surface area (Å²) in [7, 11) is 1.52. The molecule has 32 heavy (non-hydrogen) atoms. The molecule has 7 heteroatoms. The van der Waals surface area contributed by atoms with E-state index in [9.17, 15) is 24.9 Å². The van der Waals surface area contributed by atoms with E-state index < -0.39 is 11.4 Å². The maximum absolute atomic E-state index is 13.1. The molecule has 164 valence electrons. The molecule has 0 aromatic heterocycles. The van der Waals surface area contributed by atoms with E-state index in [1.165, 1.54) is 25.3 Å². The molecule has 1 aliphatic carbocycles. The monoisotopic (exact) mass is 433 g/mol. The number of nitrogens with one attached hydrogen (secondary N) is 1. The maximum atomic E-state index is 13.1. The lowest BCUT2D eigenvalue weighted by Gasteiger charge is -2.18. The fourth-order valence-electron chi connectivity index (χ4n) is 3.89. The third-order valence-electron chi connectivity index (χ3n) is 5.94. The average Bonchev–Trinajstić information content (AvgIpc) is 3.58. The molecule has 4 N–H and O–H groups in total. The lowest BCUT2D eigenvalue weighted by molar-refractivity contribution is -0.118. The van der Waals surface area contributed by atoms with Gasteiger partial charge in [0.15, 0.2) is 11.5 Å². The van der Waals surface area contributed by atoms with Crippen LogP contribution in [0.5, 0.6) is 17.2 Å². The molecule has 1 fully saturated rings. The van der Waals surface area contributed by atoms with E-state index in [-0.39, 0.29) is 23.0 Å². The van der Waals surface area contributed by atoms with Gasteiger partial charge in [0.25, 0.3) is 0 Å². The third kappa shape index (κ3) is 3.73. The summed E-state index contributed by atoms with van der Waals surface area (Å²) < 4.78 is 5.43. The zero-order valence-electron chi connectivity index (χ0n) is 17.7. The normalized spacial score (nSPS) is 13.9. The van der Waals surface area contributed by atoms with Crippen molar-refractivity contribution in [2.24, 2.45) is 0 Å². The summed E-state index contributed by atoms with van der Waals surface area (Å²) in [6, 6.07) is 14.5. The van der Waals surface area contributed by atoms with Crippen LogP contribution >= 0.6 is 0 Å². The van der Waals surface area contributed by atoms with Crippen LogP contribution in [0.4, 0.5) is 5.69 Å². The van der Waals surface area contributed by atoms with Gasteiger partial charge in [0.2, 0.25) is 5.91 Å². The van der Waals surface area contributed by atoms with Crippen molar-refractivity contribution in [3.05, 3.63) is 71.3 Å². The lowest BCUT2D eigenvalue weighted by Crippen LogP contribution is -2.27. The van der Waals surface area contributed by atoms with Crippen molar-refractivity contribution in [2.75, 3.05) is 12.4 Å². The lowest BCUT2D eigenvalue weighted by atomic mass is 9.94. The number of phenols is 2. The van der Waals surface area contributed by atoms with Gasteiger partial charge in [-0.05, 0) is 78.9 Å². The van der Waals surface area contributed by atoms with Crippen molar-refractivity contribution in [2.45, 2.75) is 25.2 Å². The molecule has 0 saturated heterocycles. The van der Waals surface area contributed by atoms with E-state index in [2.05, 4.69) is 5.32 Å². The van der Waals surface area contributed by atoms with Crippen LogP contribution in [0, 0.1) is 6.92 Å². The fourth-order valence-corrected chi connectivity index (χ4v) is 3.89. The van der Waals surface area contributed by atoms with E-state index in [1.54, 1.807) is 30.3 Å². The number of amides is 1. The number of carboxylic acid groups (broad SMARTS) is 1. The molecule has 0 atom stereocenters. The maximum Gasteiger partial charge on any atom is 0.335 e. The number of aromatic hydroxyl groups is 2. The van der Waals surface area contributed by atoms with Crippen molar-refractivity contribution in [1.29, 1.82) is 0 Å². The summed E-state index contributed by atoms with van der Waals surface area (Å²) in [5.41, 5.74) is 2.85. The molecule has 0 radical (unpaired) electrons. The molecule has 3 aromatic carbocycles. The SMILES string of the molecule is COc1ccc(C(=O)O)cc1-c1cc(NC(=O)C2(c3ccc(O)c(O)c3)CC2)ccc1C. The first-order valence-electron chi connectivity index (χ1n) is 10.1. The van der Waals surface area contributed by atoms with Crippen LogP contribution in [0.3, 0.4) is 0 Å². The van der Waals surface area contributed by atoms with Crippen LogP contribution in [0.25, 0.3) is 11.1 Å². The van der Waals surface area contributed by atoms with Gasteiger partial charge in [0.05, 0.1) is 18.1 Å². The number of methoxy groups -OCH3 is 1. The Hall–Kier alpha value is -4.00. The molecule has 0 aliphatic heterocycles. The standard InChI is InChI=1S/C25H23NO6/c1-14-3-6-17(13-18(14)19-11-15(23(29)30)4-8-22(19)32-2)26-24(31)25(9-10-25)16-5-7-20(27)21(28)12-16/h3-8,11-13,27-28H,9-10H2,1-2H3,(H,26,31)(H,29,30). The van der Waals surface area contributed by atoms with Gasteiger partial charge in [-0.1, -0.05) is 12.1 Å². The topological polar surface area (TPSA) is 116 Å². The molecule has 4 rings (SSSR count). The molecule has 0 spiro atoms. The van der Waals surface area contributed by atoms with Gasteiger partial charge in [-0.25, -0.2) is 4.79 Å². The third-order valence-corrected chi connectivity index (χ3v) is 5.94. The van der Waals surface area contributed by atoms with Crippen molar-refractivity contribution in [3.8, 4) is 28.4 Å². The highest BCUT2D eigenvalue weighted by atomic mass is 16.5. The van der Waals surface area contributed by atoms with Crippen LogP contribution in [0.1, 0.15) is 34.3 Å². The van der Waals surface area contributed by atoms with E-state index in [1.807, 2.05) is 13.0 Å². The average molecular weight is 433 g/mol. The summed E-state index contributed by atoms with van der Waals surface area (Å²) in [6.45, 7) is 1.90. The summed E-state index contributed by atoms with van der Waals surface area (Å²) in [6.07, 6.45) is 1.27. The molecule has 0 unspecified atom stereocenters. The number of hydrogen-bond acceptors (Lipinski definition) is 5. The number of aryl methyl sites for hydroxylation is 1. The van der Waals surface area contributed by atoms with Crippen molar-refractivity contribution >= 4 is 17.6 Å². The second-order valence-corrected chi connectivity index (χ2v) is 7.99. The number of hydrogen-bond donors (Lipinski definition) is 4. The van der Waals surface area contributed by atoms with Gasteiger partial charge in [-0.3, -0.25) is 4.79 Å². The first-order chi connectivity index (χ1) is 15.2. The summed E-state index contributed by atoms with van der Waals surface area (Å²) in [5, 5.41) is 31.7. The minimum atomic E-state index is -1.04. The number of benzene rings is 3. The van der Waals surface area contributed by atoms with E-state index in [4.69, 9.17) is 4.74 Å². The number of aromatic carboxylic acids is 1. The van der Waals surface area contributed by atoms with Crippen molar-refractivity contribution in [3.63, 3.8) is 0 Å². The smallest absolute Gasteiger partial charge is 0.335 e. The number of rotatable bonds is 6. The number of carbonyl (C=O) groups is 2. The molecule has 0 heterocycles. The molecule has 7 nitrogen and oxygen atoms in total. The summed E-state index contributed by atoms with van der Waals surface area (Å²) in [4.78, 5) is 24.6. The summed E-state index contributed by atoms with van der Waals surface area (Å²) >= 11 is 0. The Labute approximate surface area is 184 Å². The first kappa shape index (κ1) is 21.2. The number of carboxylic acids is 1. The molecular weight excluding hydrogens is 410 g/mol. The van der Waals surface area contributed by atoms with Crippen molar-refractivity contribution < 1.29 is 29.6 Å². The Morgan fingerprint density at radius 1 is 0.938 bits per heavy atom. The van der Waals surface area contributed by atoms with Crippen LogP contribution in [-0.4, -0.2) is 34.3 Å². The predicted octanol–water partition coefficient (Wildman–Crippen LogP) is 4.45. The largest absolute Gasteiger partial charge is 0.504 e. The Balaban J connectivity index is 1.67. The molecular formula is C25H23NO6. The van der Waals surface area contributed by atoms with Crippen LogP contribution in [0.15, 0.2) is 54.6 Å². The van der Waals surface area contributed by atoms with Crippen LogP contribution < -0.4 is 10.1 Å². The Bertz CT molecular complexity index is 1230. The minimum Gasteiger partial charge on any atom is -0.504 e. The van der Waals surface area contributed by atoms with Gasteiger partial charge < -0.3 is 25.4 Å². The molecule has 1 saturated carbocycles. The Morgan fingerprint density at radius 3 is 2.31 bits per heavy atom. The van der Waals surface area contributed by atoms with Gasteiger partial charge in [-0.15, -0.1) is 0 Å². The highest BCUT2D eigenvalue weighted by Gasteiger charge is 2.51. The zero-order chi connectivity index (χ0) is 23.0. The zero-order valence-corrected chi connectivity index (χ0v) is 17.7. The Morgan fingerprint density at radius 2 is 1.69 bits per heavy atom. The van der Waals surface area contributed by atoms with Crippen LogP contribution in [0.2, 0.25) is 0 Å². The number of ether oxygens (including phenoxy) is 1. The van der Waals surface area contributed by atoms with Crippen LogP contribution in [-0.2, 0) is 10.2 Å². The molecule has 3 aromatic rings. The quantitative estimate of drug-likeness (QED) is 0.427. The minimum absolute atomic E-state index is 0.138. The molecule has 1 amide bonds. The van der Waals surface area contributed by atoms with E-state index in [0.29, 0.717) is 35.4 Å². The number of carbonyl (C=O) groups excluding carboxylic acids is 1. The highest BCUT2D eigenvalue weighted by Crippen LogP contribution is 2.50. The van der Waals surface area contributed by atoms with E-state index in [0.717, 1.165) is 11.1 Å². The Kier molecular flexibility index (Phi) is 5.26. The molecule has 0 bridgehead atoms. The van der Waals surface area contributed by atoms with Gasteiger partial charge in [-0.2, -0.15) is 0 Å². The number of phenolic OH excluding ortho intramolecular Hbond substituents is 2. The van der Waals surface area contributed by atoms with Crippen molar-refractivity contribution in [1.82, 2.24) is 0 Å². The summed E-state index contributed by atoms with van der Waals surface area (Å²) in [5.74, 6) is -1.21. The predicted molar refractivity (Wildman–Crippen MR) is 119 cm³/mol.